The van der Waals surface area contributed by atoms with Gasteiger partial charge in [-0.05, 0) is 44.3 Å². The lowest BCUT2D eigenvalue weighted by Gasteiger charge is -2.35. The molecule has 0 bridgehead atoms. The van der Waals surface area contributed by atoms with Crippen LogP contribution in [0.15, 0.2) is 58.5 Å². The van der Waals surface area contributed by atoms with Crippen molar-refractivity contribution in [3.8, 4) is 0 Å². The fraction of sp³-hybridized carbons (Fsp3) is 0.400. The molecule has 1 saturated heterocycles. The summed E-state index contributed by atoms with van der Waals surface area (Å²) in [5, 5.41) is 2.13. The quantitative estimate of drug-likeness (QED) is 0.616. The van der Waals surface area contributed by atoms with Crippen molar-refractivity contribution in [1.29, 1.82) is 0 Å². The van der Waals surface area contributed by atoms with Crippen molar-refractivity contribution in [2.45, 2.75) is 32.6 Å². The number of nitrogens with zero attached hydrogens (tertiary/aromatic N) is 4. The van der Waals surface area contributed by atoms with Crippen molar-refractivity contribution in [3.63, 3.8) is 0 Å². The van der Waals surface area contributed by atoms with Gasteiger partial charge in [0.25, 0.3) is 0 Å². The van der Waals surface area contributed by atoms with Crippen LogP contribution in [0.4, 0.5) is 13.2 Å². The second-order valence-electron chi connectivity index (χ2n) is 6.87. The van der Waals surface area contributed by atoms with E-state index in [1.54, 1.807) is 0 Å². The van der Waals surface area contributed by atoms with Crippen LogP contribution in [-0.2, 0) is 12.7 Å². The molecule has 150 valence electrons. The van der Waals surface area contributed by atoms with Crippen LogP contribution < -0.4 is 5.43 Å². The minimum absolute atomic E-state index is 0.0205. The Bertz CT molecular complexity index is 808. The molecule has 0 radical (unpaired) electrons. The maximum absolute atomic E-state index is 12.7. The van der Waals surface area contributed by atoms with Crippen LogP contribution in [0.25, 0.3) is 0 Å². The monoisotopic (exact) mass is 391 g/mol. The summed E-state index contributed by atoms with van der Waals surface area (Å²) >= 11 is 0. The van der Waals surface area contributed by atoms with Crippen LogP contribution >= 0.6 is 0 Å². The smallest absolute Gasteiger partial charge is 0.309 e. The number of hydrogen-bond donors (Lipinski definition) is 1. The van der Waals surface area contributed by atoms with Crippen LogP contribution in [0.1, 0.15) is 25.1 Å². The second kappa shape index (κ2) is 8.28. The number of fused-ring (bicyclic) bond motifs is 1. The fourth-order valence-electron chi connectivity index (χ4n) is 3.42. The average Bonchev–Trinajstić information content (AvgIpc) is 2.99. The summed E-state index contributed by atoms with van der Waals surface area (Å²) in [6.07, 6.45) is 2.35. The van der Waals surface area contributed by atoms with Gasteiger partial charge < -0.3 is 5.01 Å². The first-order valence-corrected chi connectivity index (χ1v) is 9.11. The maximum Gasteiger partial charge on any atom is 0.417 e. The highest BCUT2D eigenvalue weighted by Gasteiger charge is 2.34. The van der Waals surface area contributed by atoms with Crippen LogP contribution in [0.3, 0.4) is 0 Å². The molecule has 8 heteroatoms. The van der Waals surface area contributed by atoms with E-state index in [9.17, 15) is 13.2 Å². The Hall–Kier alpha value is -2.45. The molecule has 3 heterocycles. The maximum atomic E-state index is 12.7. The van der Waals surface area contributed by atoms with Gasteiger partial charge in [-0.3, -0.25) is 14.9 Å². The van der Waals surface area contributed by atoms with Gasteiger partial charge in [0.15, 0.2) is 0 Å². The highest BCUT2D eigenvalue weighted by atomic mass is 19.4. The predicted octanol–water partition coefficient (Wildman–Crippen LogP) is 3.54. The molecule has 1 fully saturated rings. The summed E-state index contributed by atoms with van der Waals surface area (Å²) in [7, 11) is 0. The van der Waals surface area contributed by atoms with E-state index in [0.717, 1.165) is 36.7 Å². The van der Waals surface area contributed by atoms with Gasteiger partial charge in [-0.1, -0.05) is 12.2 Å². The zero-order valence-corrected chi connectivity index (χ0v) is 16.0. The lowest BCUT2D eigenvalue weighted by Crippen LogP contribution is -2.48. The predicted molar refractivity (Wildman–Crippen MR) is 103 cm³/mol. The highest BCUT2D eigenvalue weighted by Crippen LogP contribution is 2.30. The normalized spacial score (nSPS) is 21.5. The first-order valence-electron chi connectivity index (χ1n) is 9.11. The van der Waals surface area contributed by atoms with E-state index < -0.39 is 11.7 Å². The molecule has 1 atom stereocenters. The fourth-order valence-corrected chi connectivity index (χ4v) is 3.42. The van der Waals surface area contributed by atoms with Crippen LogP contribution in [0.2, 0.25) is 0 Å². The number of nitrogens with one attached hydrogen (secondary N) is 1. The number of alkyl halides is 3. The van der Waals surface area contributed by atoms with Gasteiger partial charge in [0.2, 0.25) is 0 Å². The lowest BCUT2D eigenvalue weighted by molar-refractivity contribution is -0.137. The van der Waals surface area contributed by atoms with Crippen molar-refractivity contribution >= 4 is 6.72 Å². The van der Waals surface area contributed by atoms with E-state index in [4.69, 9.17) is 0 Å². The summed E-state index contributed by atoms with van der Waals surface area (Å²) in [6.45, 7) is 10.5. The van der Waals surface area contributed by atoms with Crippen molar-refractivity contribution in [2.75, 3.05) is 19.6 Å². The standard InChI is InChI=1S/C20H24F3N5/c1-4-5-6-17(24-3)19-14(2)18-13-27(9-10-28(18)26-19)12-16-8-7-15(11-25-16)20(21,22)23/h4-8,11,19,26H,3,9-10,12-13H2,1-2H3/b5-4-,17-6-. The lowest BCUT2D eigenvalue weighted by atomic mass is 10.0. The van der Waals surface area contributed by atoms with Gasteiger partial charge in [-0.15, -0.1) is 0 Å². The summed E-state index contributed by atoms with van der Waals surface area (Å²) in [6, 6.07) is 2.52. The molecule has 28 heavy (non-hydrogen) atoms. The largest absolute Gasteiger partial charge is 0.417 e. The van der Waals surface area contributed by atoms with Gasteiger partial charge >= 0.3 is 6.18 Å². The molecule has 0 aliphatic carbocycles. The van der Waals surface area contributed by atoms with Gasteiger partial charge in [0.05, 0.1) is 23.0 Å². The molecule has 0 amide bonds. The van der Waals surface area contributed by atoms with Crippen molar-refractivity contribution < 1.29 is 13.2 Å². The van der Waals surface area contributed by atoms with Gasteiger partial charge in [0.1, 0.15) is 0 Å². The molecular formula is C20H24F3N5. The number of piperazine rings is 1. The van der Waals surface area contributed by atoms with Crippen molar-refractivity contribution in [3.05, 3.63) is 64.8 Å². The SMILES string of the molecule is C=N/C(=C\C=C/C)C1NN2CCN(Cc3ccc(C(F)(F)F)cn3)CC2=C1C. The van der Waals surface area contributed by atoms with E-state index in [-0.39, 0.29) is 6.04 Å². The highest BCUT2D eigenvalue weighted by molar-refractivity contribution is 5.39. The first kappa shape index (κ1) is 20.3. The minimum atomic E-state index is -4.36. The number of allylic oxidation sites excluding steroid dienone is 3. The van der Waals surface area contributed by atoms with E-state index in [2.05, 4.69) is 39.0 Å². The summed E-state index contributed by atoms with van der Waals surface area (Å²) in [5.41, 5.74) is 6.57. The topological polar surface area (TPSA) is 43.8 Å². The van der Waals surface area contributed by atoms with Gasteiger partial charge in [-0.2, -0.15) is 13.2 Å². The van der Waals surface area contributed by atoms with E-state index >= 15 is 0 Å². The minimum Gasteiger partial charge on any atom is -0.309 e. The summed E-state index contributed by atoms with van der Waals surface area (Å²) < 4.78 is 38.1. The molecule has 2 aliphatic rings. The van der Waals surface area contributed by atoms with Crippen molar-refractivity contribution in [1.82, 2.24) is 20.3 Å². The van der Waals surface area contributed by atoms with E-state index in [1.807, 2.05) is 25.2 Å². The van der Waals surface area contributed by atoms with Crippen LogP contribution in [0, 0.1) is 0 Å². The number of aromatic nitrogens is 1. The molecule has 1 aromatic heterocycles. The zero-order chi connectivity index (χ0) is 20.3. The molecule has 0 aromatic carbocycles. The molecule has 5 nitrogen and oxygen atoms in total. The number of pyridine rings is 1. The Morgan fingerprint density at radius 3 is 2.79 bits per heavy atom. The average molecular weight is 391 g/mol. The summed E-state index contributed by atoms with van der Waals surface area (Å²) in [5.74, 6) is 0. The second-order valence-corrected chi connectivity index (χ2v) is 6.87. The van der Waals surface area contributed by atoms with Crippen LogP contribution in [0.5, 0.6) is 0 Å². The number of hydrogen-bond acceptors (Lipinski definition) is 5. The van der Waals surface area contributed by atoms with E-state index in [0.29, 0.717) is 18.8 Å². The Labute approximate surface area is 162 Å². The third-order valence-corrected chi connectivity index (χ3v) is 4.99. The first-order chi connectivity index (χ1) is 13.3. The number of halogens is 3. The van der Waals surface area contributed by atoms with Gasteiger partial charge in [-0.25, -0.2) is 5.43 Å². The Kier molecular flexibility index (Phi) is 6.00. The summed E-state index contributed by atoms with van der Waals surface area (Å²) in [4.78, 5) is 10.3. The molecule has 0 spiro atoms. The molecule has 2 aliphatic heterocycles. The Morgan fingerprint density at radius 2 is 2.18 bits per heavy atom. The number of hydrazine groups is 1. The Morgan fingerprint density at radius 1 is 1.39 bits per heavy atom. The third kappa shape index (κ3) is 4.34. The Balaban J connectivity index is 1.71. The molecule has 3 rings (SSSR count). The zero-order valence-electron chi connectivity index (χ0n) is 16.0. The molecule has 1 N–H and O–H groups in total. The number of aliphatic imine (C=N–C) groups is 1. The third-order valence-electron chi connectivity index (χ3n) is 4.99. The van der Waals surface area contributed by atoms with Crippen LogP contribution in [-0.4, -0.2) is 47.3 Å². The van der Waals surface area contributed by atoms with Crippen molar-refractivity contribution in [2.24, 2.45) is 4.99 Å². The molecule has 1 unspecified atom stereocenters. The molecule has 1 aromatic rings. The van der Waals surface area contributed by atoms with E-state index in [1.165, 1.54) is 11.6 Å². The van der Waals surface area contributed by atoms with Gasteiger partial charge in [0, 0.05) is 38.1 Å². The number of rotatable bonds is 5. The molecule has 0 saturated carbocycles. The molecular weight excluding hydrogens is 367 g/mol.